The molecule has 0 aromatic heterocycles. The first-order valence-electron chi connectivity index (χ1n) is 4.75. The van der Waals surface area contributed by atoms with Crippen molar-refractivity contribution in [2.45, 2.75) is 9.79 Å². The lowest BCUT2D eigenvalue weighted by molar-refractivity contribution is 0.426. The molecule has 0 fully saturated rings. The van der Waals surface area contributed by atoms with Gasteiger partial charge in [0.25, 0.3) is 0 Å². The molecule has 0 heterocycles. The van der Waals surface area contributed by atoms with E-state index in [0.717, 1.165) is 12.1 Å². The maximum atomic E-state index is 13.3. The summed E-state index contributed by atoms with van der Waals surface area (Å²) < 4.78 is 65.2. The average Bonchev–Trinajstić information content (AvgIpc) is 2.34. The molecule has 18 heavy (non-hydrogen) atoms. The van der Waals surface area contributed by atoms with Crippen LogP contribution in [-0.4, -0.2) is 0 Å². The lowest BCUT2D eigenvalue weighted by Gasteiger charge is -2.06. The van der Waals surface area contributed by atoms with E-state index in [2.05, 4.69) is 0 Å². The van der Waals surface area contributed by atoms with Crippen LogP contribution in [-0.2, 0) is 0 Å². The molecule has 0 spiro atoms. The molecule has 2 aromatic carbocycles. The van der Waals surface area contributed by atoms with Crippen molar-refractivity contribution in [3.05, 3.63) is 59.4 Å². The molecule has 0 unspecified atom stereocenters. The standard InChI is InChI=1S/C12H5F5S/c13-6-1-3-7(4-2-6)18-12-10(16)8(14)5-9(15)11(12)17/h1-5H. The topological polar surface area (TPSA) is 0 Å². The van der Waals surface area contributed by atoms with Crippen LogP contribution in [0.5, 0.6) is 0 Å². The summed E-state index contributed by atoms with van der Waals surface area (Å²) in [4.78, 5) is -0.529. The Hall–Kier alpha value is -1.56. The highest BCUT2D eigenvalue weighted by atomic mass is 32.2. The molecule has 0 aliphatic carbocycles. The molecular weight excluding hydrogens is 271 g/mol. The van der Waals surface area contributed by atoms with Crippen LogP contribution in [0.1, 0.15) is 0 Å². The van der Waals surface area contributed by atoms with E-state index in [-0.39, 0.29) is 11.0 Å². The summed E-state index contributed by atoms with van der Waals surface area (Å²) in [5.41, 5.74) is 0. The first-order valence-corrected chi connectivity index (χ1v) is 5.57. The molecule has 94 valence electrons. The Labute approximate surface area is 103 Å². The maximum Gasteiger partial charge on any atom is 0.175 e. The van der Waals surface area contributed by atoms with Gasteiger partial charge in [-0.1, -0.05) is 11.8 Å². The summed E-state index contributed by atoms with van der Waals surface area (Å²) >= 11 is 0.481. The lowest BCUT2D eigenvalue weighted by Crippen LogP contribution is -1.97. The lowest BCUT2D eigenvalue weighted by atomic mass is 10.3. The Kier molecular flexibility index (Phi) is 3.56. The van der Waals surface area contributed by atoms with Gasteiger partial charge in [-0.25, -0.2) is 22.0 Å². The first kappa shape index (κ1) is 12.9. The molecule has 0 nitrogen and oxygen atoms in total. The van der Waals surface area contributed by atoms with Crippen molar-refractivity contribution in [2.75, 3.05) is 0 Å². The van der Waals surface area contributed by atoms with Crippen LogP contribution in [0.2, 0.25) is 0 Å². The highest BCUT2D eigenvalue weighted by molar-refractivity contribution is 7.99. The average molecular weight is 276 g/mol. The van der Waals surface area contributed by atoms with Crippen LogP contribution in [0.25, 0.3) is 0 Å². The summed E-state index contributed by atoms with van der Waals surface area (Å²) in [5.74, 6) is -6.41. The van der Waals surface area contributed by atoms with Gasteiger partial charge in [-0.15, -0.1) is 0 Å². The zero-order valence-electron chi connectivity index (χ0n) is 8.68. The van der Waals surface area contributed by atoms with E-state index in [1.165, 1.54) is 12.1 Å². The van der Waals surface area contributed by atoms with Crippen molar-refractivity contribution in [3.8, 4) is 0 Å². The second-order valence-corrected chi connectivity index (χ2v) is 4.44. The zero-order valence-corrected chi connectivity index (χ0v) is 9.50. The smallest absolute Gasteiger partial charge is 0.175 e. The van der Waals surface area contributed by atoms with E-state index in [1.54, 1.807) is 0 Å². The Morgan fingerprint density at radius 2 is 1.22 bits per heavy atom. The number of hydrogen-bond donors (Lipinski definition) is 0. The Morgan fingerprint density at radius 3 is 1.72 bits per heavy atom. The van der Waals surface area contributed by atoms with Crippen LogP contribution >= 0.6 is 11.8 Å². The molecule has 0 N–H and O–H groups in total. The van der Waals surface area contributed by atoms with Gasteiger partial charge in [0.15, 0.2) is 23.3 Å². The second kappa shape index (κ2) is 4.97. The highest BCUT2D eigenvalue weighted by Crippen LogP contribution is 2.34. The fourth-order valence-corrected chi connectivity index (χ4v) is 2.14. The zero-order chi connectivity index (χ0) is 13.3. The van der Waals surface area contributed by atoms with E-state index in [4.69, 9.17) is 0 Å². The van der Waals surface area contributed by atoms with Gasteiger partial charge in [-0.05, 0) is 24.3 Å². The highest BCUT2D eigenvalue weighted by Gasteiger charge is 2.19. The minimum absolute atomic E-state index is 0.138. The molecule has 6 heteroatoms. The fraction of sp³-hybridized carbons (Fsp3) is 0. The van der Waals surface area contributed by atoms with Gasteiger partial charge in [-0.3, -0.25) is 0 Å². The largest absolute Gasteiger partial charge is 0.207 e. The normalized spacial score (nSPS) is 10.7. The third-order valence-corrected chi connectivity index (χ3v) is 3.18. The number of rotatable bonds is 2. The summed E-state index contributed by atoms with van der Waals surface area (Å²) in [7, 11) is 0. The van der Waals surface area contributed by atoms with E-state index in [1.807, 2.05) is 0 Å². The van der Waals surface area contributed by atoms with Gasteiger partial charge < -0.3 is 0 Å². The fourth-order valence-electron chi connectivity index (χ4n) is 1.26. The van der Waals surface area contributed by atoms with Gasteiger partial charge in [0, 0.05) is 11.0 Å². The number of halogens is 5. The van der Waals surface area contributed by atoms with Crippen molar-refractivity contribution in [1.82, 2.24) is 0 Å². The van der Waals surface area contributed by atoms with Crippen LogP contribution in [0.3, 0.4) is 0 Å². The quantitative estimate of drug-likeness (QED) is 0.573. The van der Waals surface area contributed by atoms with Gasteiger partial charge in [0.05, 0.1) is 4.90 Å². The van der Waals surface area contributed by atoms with Gasteiger partial charge in [-0.2, -0.15) is 0 Å². The Morgan fingerprint density at radius 1 is 0.722 bits per heavy atom. The van der Waals surface area contributed by atoms with Crippen molar-refractivity contribution >= 4 is 11.8 Å². The Bertz CT molecular complexity index is 554. The van der Waals surface area contributed by atoms with Crippen molar-refractivity contribution < 1.29 is 22.0 Å². The summed E-state index contributed by atoms with van der Waals surface area (Å²) in [6.45, 7) is 0. The molecule has 0 amide bonds. The molecule has 0 aliphatic heterocycles. The Balaban J connectivity index is 2.42. The van der Waals surface area contributed by atoms with Crippen LogP contribution < -0.4 is 0 Å². The molecule has 0 bridgehead atoms. The van der Waals surface area contributed by atoms with Gasteiger partial charge in [0.1, 0.15) is 5.82 Å². The molecular formula is C12H5F5S. The summed E-state index contributed by atoms with van der Waals surface area (Å²) in [6, 6.07) is 4.80. The molecule has 0 saturated heterocycles. The van der Waals surface area contributed by atoms with Crippen molar-refractivity contribution in [1.29, 1.82) is 0 Å². The van der Waals surface area contributed by atoms with E-state index >= 15 is 0 Å². The predicted molar refractivity (Wildman–Crippen MR) is 56.8 cm³/mol. The van der Waals surface area contributed by atoms with Crippen LogP contribution in [0, 0.1) is 29.1 Å². The minimum Gasteiger partial charge on any atom is -0.207 e. The predicted octanol–water partition coefficient (Wildman–Crippen LogP) is 4.53. The van der Waals surface area contributed by atoms with Crippen molar-refractivity contribution in [2.24, 2.45) is 0 Å². The maximum absolute atomic E-state index is 13.3. The van der Waals surface area contributed by atoms with Crippen LogP contribution in [0.4, 0.5) is 22.0 Å². The monoisotopic (exact) mass is 276 g/mol. The molecule has 0 radical (unpaired) electrons. The first-order chi connectivity index (χ1) is 8.49. The number of hydrogen-bond acceptors (Lipinski definition) is 1. The van der Waals surface area contributed by atoms with Gasteiger partial charge in [0.2, 0.25) is 0 Å². The van der Waals surface area contributed by atoms with Crippen LogP contribution in [0.15, 0.2) is 40.1 Å². The summed E-state index contributed by atoms with van der Waals surface area (Å²) in [6.07, 6.45) is 0. The SMILES string of the molecule is Fc1ccc(Sc2c(F)c(F)cc(F)c2F)cc1. The van der Waals surface area contributed by atoms with Crippen molar-refractivity contribution in [3.63, 3.8) is 0 Å². The van der Waals surface area contributed by atoms with Gasteiger partial charge >= 0.3 is 0 Å². The molecule has 0 atom stereocenters. The van der Waals surface area contributed by atoms with E-state index < -0.39 is 34.0 Å². The third-order valence-electron chi connectivity index (χ3n) is 2.11. The third kappa shape index (κ3) is 2.48. The second-order valence-electron chi connectivity index (χ2n) is 3.35. The molecule has 2 rings (SSSR count). The molecule has 0 saturated carbocycles. The summed E-state index contributed by atoms with van der Waals surface area (Å²) in [5, 5.41) is 0. The minimum atomic E-state index is -1.47. The van der Waals surface area contributed by atoms with E-state index in [0.29, 0.717) is 11.8 Å². The molecule has 2 aromatic rings. The van der Waals surface area contributed by atoms with E-state index in [9.17, 15) is 22.0 Å². The molecule has 0 aliphatic rings. The number of benzene rings is 2.